The minimum atomic E-state index is -0.921. The SMILES string of the molecule is CC(C)(C)OC(=O)N1CCOCCC1CC(=O)O. The Morgan fingerprint density at radius 2 is 2.06 bits per heavy atom. The van der Waals surface area contributed by atoms with Gasteiger partial charge in [-0.25, -0.2) is 4.79 Å². The van der Waals surface area contributed by atoms with Gasteiger partial charge in [-0.1, -0.05) is 0 Å². The van der Waals surface area contributed by atoms with Crippen molar-refractivity contribution in [3.05, 3.63) is 0 Å². The van der Waals surface area contributed by atoms with E-state index in [1.165, 1.54) is 4.90 Å². The van der Waals surface area contributed by atoms with Gasteiger partial charge in [0.15, 0.2) is 0 Å². The van der Waals surface area contributed by atoms with Gasteiger partial charge >= 0.3 is 12.1 Å². The third-order valence-electron chi connectivity index (χ3n) is 2.55. The first-order chi connectivity index (χ1) is 8.29. The van der Waals surface area contributed by atoms with Gasteiger partial charge in [-0.05, 0) is 27.2 Å². The van der Waals surface area contributed by atoms with Gasteiger partial charge in [-0.3, -0.25) is 4.79 Å². The summed E-state index contributed by atoms with van der Waals surface area (Å²) in [7, 11) is 0. The molecule has 18 heavy (non-hydrogen) atoms. The number of rotatable bonds is 2. The van der Waals surface area contributed by atoms with Crippen molar-refractivity contribution < 1.29 is 24.2 Å². The van der Waals surface area contributed by atoms with Crippen LogP contribution < -0.4 is 0 Å². The van der Waals surface area contributed by atoms with E-state index in [9.17, 15) is 9.59 Å². The van der Waals surface area contributed by atoms with Crippen molar-refractivity contribution in [2.75, 3.05) is 19.8 Å². The zero-order valence-electron chi connectivity index (χ0n) is 11.1. The molecule has 0 radical (unpaired) electrons. The average Bonchev–Trinajstić information content (AvgIpc) is 2.39. The molecule has 0 saturated carbocycles. The van der Waals surface area contributed by atoms with Crippen LogP contribution in [-0.4, -0.2) is 53.5 Å². The van der Waals surface area contributed by atoms with E-state index >= 15 is 0 Å². The molecule has 104 valence electrons. The number of carboxylic acids is 1. The molecular formula is C12H21NO5. The third kappa shape index (κ3) is 4.91. The molecular weight excluding hydrogens is 238 g/mol. The number of ether oxygens (including phenoxy) is 2. The molecule has 0 spiro atoms. The van der Waals surface area contributed by atoms with Crippen LogP contribution in [-0.2, 0) is 14.3 Å². The standard InChI is InChI=1S/C12H21NO5/c1-12(2,3)18-11(16)13-5-7-17-6-4-9(13)8-10(14)15/h9H,4-8H2,1-3H3,(H,14,15). The van der Waals surface area contributed by atoms with Crippen molar-refractivity contribution >= 4 is 12.1 Å². The van der Waals surface area contributed by atoms with Gasteiger partial charge < -0.3 is 19.5 Å². The second-order valence-electron chi connectivity index (χ2n) is 5.33. The molecule has 1 fully saturated rings. The van der Waals surface area contributed by atoms with Crippen LogP contribution in [0.1, 0.15) is 33.6 Å². The van der Waals surface area contributed by atoms with Crippen molar-refractivity contribution in [3.63, 3.8) is 0 Å². The summed E-state index contributed by atoms with van der Waals surface area (Å²) in [5.74, 6) is -0.921. The van der Waals surface area contributed by atoms with Crippen LogP contribution >= 0.6 is 0 Å². The predicted octanol–water partition coefficient (Wildman–Crippen LogP) is 1.49. The lowest BCUT2D eigenvalue weighted by atomic mass is 10.1. The van der Waals surface area contributed by atoms with Crippen LogP contribution in [0.25, 0.3) is 0 Å². The maximum absolute atomic E-state index is 12.0. The number of carboxylic acid groups (broad SMARTS) is 1. The van der Waals surface area contributed by atoms with Gasteiger partial charge in [0.1, 0.15) is 5.60 Å². The zero-order valence-corrected chi connectivity index (χ0v) is 11.1. The first-order valence-corrected chi connectivity index (χ1v) is 6.09. The van der Waals surface area contributed by atoms with Crippen molar-refractivity contribution in [3.8, 4) is 0 Å². The molecule has 1 aliphatic heterocycles. The smallest absolute Gasteiger partial charge is 0.410 e. The summed E-state index contributed by atoms with van der Waals surface area (Å²) in [6, 6.07) is -0.361. The first kappa shape index (κ1) is 14.8. The van der Waals surface area contributed by atoms with Crippen LogP contribution in [0.4, 0.5) is 4.79 Å². The monoisotopic (exact) mass is 259 g/mol. The molecule has 1 rings (SSSR count). The quantitative estimate of drug-likeness (QED) is 0.813. The first-order valence-electron chi connectivity index (χ1n) is 6.09. The Hall–Kier alpha value is -1.30. The minimum Gasteiger partial charge on any atom is -0.481 e. The Morgan fingerprint density at radius 3 is 2.61 bits per heavy atom. The van der Waals surface area contributed by atoms with Crippen molar-refractivity contribution in [2.45, 2.75) is 45.3 Å². The van der Waals surface area contributed by atoms with Gasteiger partial charge in [0.2, 0.25) is 0 Å². The molecule has 6 heteroatoms. The molecule has 1 amide bonds. The molecule has 0 aromatic rings. The van der Waals surface area contributed by atoms with E-state index in [1.807, 2.05) is 0 Å². The predicted molar refractivity (Wildman–Crippen MR) is 64.4 cm³/mol. The van der Waals surface area contributed by atoms with Crippen LogP contribution in [0, 0.1) is 0 Å². The van der Waals surface area contributed by atoms with Gasteiger partial charge in [0.25, 0.3) is 0 Å². The number of hydrogen-bond donors (Lipinski definition) is 1. The van der Waals surface area contributed by atoms with Crippen molar-refractivity contribution in [2.24, 2.45) is 0 Å². The second-order valence-corrected chi connectivity index (χ2v) is 5.33. The summed E-state index contributed by atoms with van der Waals surface area (Å²) in [6.45, 7) is 6.60. The fraction of sp³-hybridized carbons (Fsp3) is 0.833. The number of carbonyl (C=O) groups excluding carboxylic acids is 1. The van der Waals surface area contributed by atoms with E-state index in [1.54, 1.807) is 20.8 Å². The summed E-state index contributed by atoms with van der Waals surface area (Å²) in [6.07, 6.45) is -0.0343. The Labute approximate surface area is 107 Å². The van der Waals surface area contributed by atoms with E-state index in [2.05, 4.69) is 0 Å². The Balaban J connectivity index is 2.72. The number of hydrogen-bond acceptors (Lipinski definition) is 4. The maximum Gasteiger partial charge on any atom is 0.410 e. The molecule has 0 aromatic carbocycles. The highest BCUT2D eigenvalue weighted by atomic mass is 16.6. The van der Waals surface area contributed by atoms with Crippen LogP contribution in [0.2, 0.25) is 0 Å². The molecule has 1 unspecified atom stereocenters. The summed E-state index contributed by atoms with van der Waals surface area (Å²) < 4.78 is 10.6. The van der Waals surface area contributed by atoms with E-state index < -0.39 is 17.7 Å². The summed E-state index contributed by atoms with van der Waals surface area (Å²) in [4.78, 5) is 24.3. The largest absolute Gasteiger partial charge is 0.481 e. The normalized spacial score (nSPS) is 21.3. The highest BCUT2D eigenvalue weighted by Gasteiger charge is 2.30. The molecule has 1 N–H and O–H groups in total. The fourth-order valence-corrected chi connectivity index (χ4v) is 1.80. The van der Waals surface area contributed by atoms with Gasteiger partial charge in [-0.15, -0.1) is 0 Å². The molecule has 1 atom stereocenters. The van der Waals surface area contributed by atoms with E-state index in [0.717, 1.165) is 0 Å². The van der Waals surface area contributed by atoms with Crippen molar-refractivity contribution in [1.82, 2.24) is 4.90 Å². The van der Waals surface area contributed by atoms with Crippen LogP contribution in [0.5, 0.6) is 0 Å². The Morgan fingerprint density at radius 1 is 1.39 bits per heavy atom. The zero-order chi connectivity index (χ0) is 13.8. The number of carbonyl (C=O) groups is 2. The molecule has 0 bridgehead atoms. The Bertz CT molecular complexity index is 310. The molecule has 6 nitrogen and oxygen atoms in total. The summed E-state index contributed by atoms with van der Waals surface area (Å²) in [5, 5.41) is 8.87. The lowest BCUT2D eigenvalue weighted by Gasteiger charge is -2.31. The topological polar surface area (TPSA) is 76.1 Å². The van der Waals surface area contributed by atoms with Crippen LogP contribution in [0.3, 0.4) is 0 Å². The summed E-state index contributed by atoms with van der Waals surface area (Å²) in [5.41, 5.74) is -0.585. The second kappa shape index (κ2) is 6.04. The van der Waals surface area contributed by atoms with E-state index in [-0.39, 0.29) is 12.5 Å². The highest BCUT2D eigenvalue weighted by molar-refractivity contribution is 5.71. The molecule has 0 aliphatic carbocycles. The van der Waals surface area contributed by atoms with Crippen molar-refractivity contribution in [1.29, 1.82) is 0 Å². The molecule has 1 saturated heterocycles. The maximum atomic E-state index is 12.0. The van der Waals surface area contributed by atoms with E-state index in [4.69, 9.17) is 14.6 Å². The lowest BCUT2D eigenvalue weighted by molar-refractivity contribution is -0.138. The average molecular weight is 259 g/mol. The van der Waals surface area contributed by atoms with Gasteiger partial charge in [0.05, 0.1) is 13.0 Å². The lowest BCUT2D eigenvalue weighted by Crippen LogP contribution is -2.44. The van der Waals surface area contributed by atoms with Crippen LogP contribution in [0.15, 0.2) is 0 Å². The minimum absolute atomic E-state index is 0.0808. The molecule has 1 heterocycles. The Kier molecular flexibility index (Phi) is 4.95. The number of aliphatic carboxylic acids is 1. The highest BCUT2D eigenvalue weighted by Crippen LogP contribution is 2.17. The fourth-order valence-electron chi connectivity index (χ4n) is 1.80. The number of amides is 1. The molecule has 1 aliphatic rings. The molecule has 0 aromatic heterocycles. The summed E-state index contributed by atoms with van der Waals surface area (Å²) >= 11 is 0. The van der Waals surface area contributed by atoms with E-state index in [0.29, 0.717) is 26.2 Å². The van der Waals surface area contributed by atoms with Gasteiger partial charge in [-0.2, -0.15) is 0 Å². The third-order valence-corrected chi connectivity index (χ3v) is 2.55. The van der Waals surface area contributed by atoms with Gasteiger partial charge in [0, 0.05) is 19.2 Å². The number of nitrogens with zero attached hydrogens (tertiary/aromatic N) is 1.